The number of likely N-dealkylation sites (tertiary alicyclic amines) is 1. The van der Waals surface area contributed by atoms with Crippen LogP contribution in [0, 0.1) is 0 Å². The number of urea groups is 1. The minimum absolute atomic E-state index is 0.0361. The Kier molecular flexibility index (Phi) is 9.87. The van der Waals surface area contributed by atoms with E-state index in [1.165, 1.54) is 4.90 Å². The number of carboxylic acid groups (broad SMARTS) is 1. The zero-order chi connectivity index (χ0) is 22.0. The van der Waals surface area contributed by atoms with Crippen LogP contribution in [0.4, 0.5) is 4.79 Å². The average molecular weight is 415 g/mol. The molecule has 0 spiro atoms. The predicted molar refractivity (Wildman–Crippen MR) is 106 cm³/mol. The van der Waals surface area contributed by atoms with Crippen LogP contribution in [0.25, 0.3) is 0 Å². The van der Waals surface area contributed by atoms with Crippen molar-refractivity contribution in [2.24, 2.45) is 0 Å². The molecule has 0 radical (unpaired) electrons. The largest absolute Gasteiger partial charge is 0.479 e. The summed E-state index contributed by atoms with van der Waals surface area (Å²) in [4.78, 5) is 53.1. The lowest BCUT2D eigenvalue weighted by Crippen LogP contribution is -2.72. The Morgan fingerprint density at radius 3 is 2.28 bits per heavy atom. The van der Waals surface area contributed by atoms with Crippen molar-refractivity contribution in [3.8, 4) is 0 Å². The van der Waals surface area contributed by atoms with Crippen molar-refractivity contribution in [1.29, 1.82) is 0 Å². The summed E-state index contributed by atoms with van der Waals surface area (Å²) in [5.74, 6) is -3.60. The fourth-order valence-electron chi connectivity index (χ4n) is 3.10. The minimum Gasteiger partial charge on any atom is -0.479 e. The second-order valence-electron chi connectivity index (χ2n) is 7.33. The van der Waals surface area contributed by atoms with Crippen LogP contribution >= 0.6 is 0 Å². The van der Waals surface area contributed by atoms with E-state index >= 15 is 0 Å². The molecule has 10 heteroatoms. The van der Waals surface area contributed by atoms with Crippen LogP contribution in [0.5, 0.6) is 0 Å². The number of ether oxygens (including phenoxy) is 1. The maximum absolute atomic E-state index is 13.2. The average Bonchev–Trinajstić information content (AvgIpc) is 3.20. The van der Waals surface area contributed by atoms with Crippen LogP contribution in [0.3, 0.4) is 0 Å². The summed E-state index contributed by atoms with van der Waals surface area (Å²) in [5.41, 5.74) is -2.67. The van der Waals surface area contributed by atoms with E-state index in [2.05, 4.69) is 10.6 Å². The molecular weight excluding hydrogens is 380 g/mol. The Hall–Kier alpha value is -2.36. The summed E-state index contributed by atoms with van der Waals surface area (Å²) in [6, 6.07) is -0.792. The summed E-state index contributed by atoms with van der Waals surface area (Å²) in [6.07, 6.45) is 2.56. The van der Waals surface area contributed by atoms with Crippen molar-refractivity contribution in [2.45, 2.75) is 58.1 Å². The summed E-state index contributed by atoms with van der Waals surface area (Å²) in [5, 5.41) is 15.0. The van der Waals surface area contributed by atoms with Gasteiger partial charge in [0, 0.05) is 39.8 Å². The second kappa shape index (κ2) is 11.6. The third-order valence-corrected chi connectivity index (χ3v) is 4.73. The van der Waals surface area contributed by atoms with E-state index in [-0.39, 0.29) is 12.6 Å². The molecule has 1 unspecified atom stereocenters. The number of hydrogen-bond acceptors (Lipinski definition) is 5. The molecule has 29 heavy (non-hydrogen) atoms. The maximum atomic E-state index is 13.2. The summed E-state index contributed by atoms with van der Waals surface area (Å²) in [7, 11) is 1.16. The molecule has 1 aliphatic rings. The SMILES string of the molecule is CCCNC(=O)N(C)C(C(=O)O)(C(=O)NCCCOC(C)C)C(=O)N1CCCC1. The van der Waals surface area contributed by atoms with Crippen LogP contribution in [0.15, 0.2) is 0 Å². The van der Waals surface area contributed by atoms with E-state index in [4.69, 9.17) is 4.74 Å². The number of nitrogens with zero attached hydrogens (tertiary/aromatic N) is 2. The van der Waals surface area contributed by atoms with E-state index < -0.39 is 29.4 Å². The molecular formula is C19H34N4O6. The molecule has 1 atom stereocenters. The van der Waals surface area contributed by atoms with Crippen LogP contribution in [0.1, 0.15) is 46.5 Å². The lowest BCUT2D eigenvalue weighted by Gasteiger charge is -2.37. The van der Waals surface area contributed by atoms with Crippen molar-refractivity contribution >= 4 is 23.8 Å². The summed E-state index contributed by atoms with van der Waals surface area (Å²) < 4.78 is 5.40. The molecule has 3 N–H and O–H groups in total. The van der Waals surface area contributed by atoms with Gasteiger partial charge < -0.3 is 25.4 Å². The van der Waals surface area contributed by atoms with Gasteiger partial charge in [0.25, 0.3) is 17.4 Å². The summed E-state index contributed by atoms with van der Waals surface area (Å²) >= 11 is 0. The third-order valence-electron chi connectivity index (χ3n) is 4.73. The number of hydrogen-bond donors (Lipinski definition) is 3. The van der Waals surface area contributed by atoms with Crippen LogP contribution < -0.4 is 10.6 Å². The molecule has 1 aliphatic heterocycles. The molecule has 1 saturated heterocycles. The van der Waals surface area contributed by atoms with Gasteiger partial charge in [0.05, 0.1) is 6.10 Å². The molecule has 0 aromatic heterocycles. The minimum atomic E-state index is -2.67. The Bertz CT molecular complexity index is 591. The van der Waals surface area contributed by atoms with Crippen molar-refractivity contribution in [3.63, 3.8) is 0 Å². The van der Waals surface area contributed by atoms with Gasteiger partial charge in [-0.05, 0) is 39.5 Å². The number of aliphatic carboxylic acids is 1. The molecule has 1 rings (SSSR count). The van der Waals surface area contributed by atoms with Gasteiger partial charge in [0.15, 0.2) is 0 Å². The maximum Gasteiger partial charge on any atom is 0.349 e. The fourth-order valence-corrected chi connectivity index (χ4v) is 3.10. The quantitative estimate of drug-likeness (QED) is 0.332. The van der Waals surface area contributed by atoms with Gasteiger partial charge in [-0.2, -0.15) is 0 Å². The van der Waals surface area contributed by atoms with Crippen molar-refractivity contribution in [1.82, 2.24) is 20.4 Å². The highest BCUT2D eigenvalue weighted by Gasteiger charge is 2.60. The fraction of sp³-hybridized carbons (Fsp3) is 0.789. The molecule has 10 nitrogen and oxygen atoms in total. The van der Waals surface area contributed by atoms with E-state index in [9.17, 15) is 24.3 Å². The number of carboxylic acids is 1. The molecule has 1 heterocycles. The standard InChI is InChI=1S/C19H34N4O6/c1-5-9-21-18(28)22(4)19(17(26)27,16(25)23-11-6-7-12-23)15(24)20-10-8-13-29-14(2)3/h14H,5-13H2,1-4H3,(H,20,24)(H,21,28)(H,26,27). The Morgan fingerprint density at radius 2 is 1.76 bits per heavy atom. The number of amides is 4. The molecule has 0 aromatic rings. The Balaban J connectivity index is 3.09. The normalized spacial score (nSPS) is 15.7. The lowest BCUT2D eigenvalue weighted by atomic mass is 9.94. The van der Waals surface area contributed by atoms with Gasteiger partial charge in [0.1, 0.15) is 0 Å². The first-order chi connectivity index (χ1) is 13.7. The Morgan fingerprint density at radius 1 is 1.14 bits per heavy atom. The Labute approximate surface area is 171 Å². The zero-order valence-corrected chi connectivity index (χ0v) is 17.8. The number of rotatable bonds is 11. The van der Waals surface area contributed by atoms with Crippen LogP contribution in [0.2, 0.25) is 0 Å². The topological polar surface area (TPSA) is 128 Å². The van der Waals surface area contributed by atoms with E-state index in [1.54, 1.807) is 0 Å². The van der Waals surface area contributed by atoms with Gasteiger partial charge in [-0.25, -0.2) is 9.59 Å². The molecule has 166 valence electrons. The van der Waals surface area contributed by atoms with Crippen LogP contribution in [-0.4, -0.2) is 90.2 Å². The lowest BCUT2D eigenvalue weighted by molar-refractivity contribution is -0.165. The van der Waals surface area contributed by atoms with Crippen LogP contribution in [-0.2, 0) is 19.1 Å². The van der Waals surface area contributed by atoms with Crippen molar-refractivity contribution < 1.29 is 29.0 Å². The van der Waals surface area contributed by atoms with E-state index in [1.807, 2.05) is 20.8 Å². The van der Waals surface area contributed by atoms with Gasteiger partial charge >= 0.3 is 12.0 Å². The first-order valence-electron chi connectivity index (χ1n) is 10.1. The monoisotopic (exact) mass is 414 g/mol. The zero-order valence-electron chi connectivity index (χ0n) is 17.8. The molecule has 1 fully saturated rings. The molecule has 0 aliphatic carbocycles. The molecule has 0 aromatic carbocycles. The van der Waals surface area contributed by atoms with E-state index in [0.717, 1.165) is 19.9 Å². The summed E-state index contributed by atoms with van der Waals surface area (Å²) in [6.45, 7) is 7.11. The highest BCUT2D eigenvalue weighted by atomic mass is 16.5. The third kappa shape index (κ3) is 6.06. The molecule has 4 amide bonds. The van der Waals surface area contributed by atoms with Gasteiger partial charge in [0.2, 0.25) is 0 Å². The van der Waals surface area contributed by atoms with E-state index in [0.29, 0.717) is 44.0 Å². The number of carbonyl (C=O) groups is 4. The van der Waals surface area contributed by atoms with Gasteiger partial charge in [-0.15, -0.1) is 0 Å². The predicted octanol–water partition coefficient (Wildman–Crippen LogP) is 0.415. The number of carbonyl (C=O) groups excluding carboxylic acids is 3. The van der Waals surface area contributed by atoms with Crippen molar-refractivity contribution in [2.75, 3.05) is 39.8 Å². The molecule has 0 saturated carbocycles. The number of likely N-dealkylation sites (N-methyl/N-ethyl adjacent to an activating group) is 1. The highest BCUT2D eigenvalue weighted by molar-refractivity contribution is 6.27. The van der Waals surface area contributed by atoms with Gasteiger partial charge in [-0.1, -0.05) is 6.92 Å². The smallest absolute Gasteiger partial charge is 0.349 e. The second-order valence-corrected chi connectivity index (χ2v) is 7.33. The molecule has 0 bridgehead atoms. The first kappa shape index (κ1) is 24.7. The number of nitrogens with one attached hydrogen (secondary N) is 2. The van der Waals surface area contributed by atoms with Crippen molar-refractivity contribution in [3.05, 3.63) is 0 Å². The first-order valence-corrected chi connectivity index (χ1v) is 10.1. The van der Waals surface area contributed by atoms with Gasteiger partial charge in [-0.3, -0.25) is 14.5 Å². The highest BCUT2D eigenvalue weighted by Crippen LogP contribution is 2.22.